The summed E-state index contributed by atoms with van der Waals surface area (Å²) in [5.41, 5.74) is -0.166. The highest BCUT2D eigenvalue weighted by atomic mass is 19.4. The number of hydrogen-bond acceptors (Lipinski definition) is 4. The van der Waals surface area contributed by atoms with Crippen LogP contribution in [0.25, 0.3) is 0 Å². The summed E-state index contributed by atoms with van der Waals surface area (Å²) in [5, 5.41) is 12.9. The first-order chi connectivity index (χ1) is 13.2. The molecule has 1 saturated heterocycles. The fourth-order valence-electron chi connectivity index (χ4n) is 3.13. The SMILES string of the molecule is O=C(O)c1ccnn1CC(=O)N1CCN(Cc2cccc(C(F)(F)F)c2)CC1. The first-order valence-electron chi connectivity index (χ1n) is 8.65. The second-order valence-corrected chi connectivity index (χ2v) is 6.53. The molecule has 1 aromatic heterocycles. The van der Waals surface area contributed by atoms with Crippen LogP contribution in [-0.4, -0.2) is 62.7 Å². The summed E-state index contributed by atoms with van der Waals surface area (Å²) >= 11 is 0. The number of carbonyl (C=O) groups is 2. The number of hydrogen-bond donors (Lipinski definition) is 1. The summed E-state index contributed by atoms with van der Waals surface area (Å²) in [5.74, 6) is -1.40. The van der Waals surface area contributed by atoms with Gasteiger partial charge in [0.1, 0.15) is 12.2 Å². The maximum atomic E-state index is 12.8. The number of benzene rings is 1. The van der Waals surface area contributed by atoms with Crippen molar-refractivity contribution in [3.05, 3.63) is 53.3 Å². The van der Waals surface area contributed by atoms with E-state index in [0.29, 0.717) is 38.3 Å². The van der Waals surface area contributed by atoms with Gasteiger partial charge < -0.3 is 10.0 Å². The van der Waals surface area contributed by atoms with Crippen molar-refractivity contribution < 1.29 is 27.9 Å². The molecule has 1 aliphatic rings. The van der Waals surface area contributed by atoms with Gasteiger partial charge in [-0.05, 0) is 17.7 Å². The molecular weight excluding hydrogens is 377 g/mol. The Labute approximate surface area is 159 Å². The topological polar surface area (TPSA) is 78.7 Å². The van der Waals surface area contributed by atoms with Crippen LogP contribution >= 0.6 is 0 Å². The molecule has 1 aliphatic heterocycles. The molecule has 1 amide bonds. The number of carbonyl (C=O) groups excluding carboxylic acids is 1. The number of amides is 1. The Balaban J connectivity index is 1.54. The molecule has 0 saturated carbocycles. The van der Waals surface area contributed by atoms with Crippen LogP contribution in [0.1, 0.15) is 21.6 Å². The molecule has 0 aliphatic carbocycles. The number of alkyl halides is 3. The van der Waals surface area contributed by atoms with E-state index >= 15 is 0 Å². The molecule has 150 valence electrons. The van der Waals surface area contributed by atoms with Crippen LogP contribution in [-0.2, 0) is 24.1 Å². The van der Waals surface area contributed by atoms with Gasteiger partial charge in [-0.3, -0.25) is 9.69 Å². The van der Waals surface area contributed by atoms with Crippen LogP contribution in [0.5, 0.6) is 0 Å². The minimum atomic E-state index is -4.37. The molecule has 0 spiro atoms. The van der Waals surface area contributed by atoms with Crippen molar-refractivity contribution in [2.75, 3.05) is 26.2 Å². The molecule has 0 bridgehead atoms. The number of rotatable bonds is 5. The van der Waals surface area contributed by atoms with Gasteiger partial charge in [0.2, 0.25) is 5.91 Å². The standard InChI is InChI=1S/C18H19F3N4O3/c19-18(20,21)14-3-1-2-13(10-14)11-23-6-8-24(9-7-23)16(26)12-25-15(17(27)28)4-5-22-25/h1-5,10H,6-9,11-12H2,(H,27,28). The molecular formula is C18H19F3N4O3. The number of aromatic carboxylic acids is 1. The fourth-order valence-corrected chi connectivity index (χ4v) is 3.13. The number of halogens is 3. The quantitative estimate of drug-likeness (QED) is 0.836. The van der Waals surface area contributed by atoms with Crippen molar-refractivity contribution in [3.8, 4) is 0 Å². The summed E-state index contributed by atoms with van der Waals surface area (Å²) in [6.07, 6.45) is -3.05. The van der Waals surface area contributed by atoms with E-state index in [1.54, 1.807) is 11.0 Å². The van der Waals surface area contributed by atoms with Gasteiger partial charge >= 0.3 is 12.1 Å². The molecule has 0 unspecified atom stereocenters. The van der Waals surface area contributed by atoms with Crippen LogP contribution in [0.4, 0.5) is 13.2 Å². The highest BCUT2D eigenvalue weighted by molar-refractivity contribution is 5.86. The van der Waals surface area contributed by atoms with Crippen molar-refractivity contribution in [1.82, 2.24) is 19.6 Å². The molecule has 2 heterocycles. The lowest BCUT2D eigenvalue weighted by atomic mass is 10.1. The summed E-state index contributed by atoms with van der Waals surface area (Å²) in [4.78, 5) is 27.1. The van der Waals surface area contributed by atoms with Gasteiger partial charge in [0.25, 0.3) is 0 Å². The predicted octanol–water partition coefficient (Wildman–Crippen LogP) is 1.94. The molecule has 1 fully saturated rings. The number of piperazine rings is 1. The highest BCUT2D eigenvalue weighted by Crippen LogP contribution is 2.29. The lowest BCUT2D eigenvalue weighted by Gasteiger charge is -2.34. The van der Waals surface area contributed by atoms with Gasteiger partial charge in [0, 0.05) is 38.9 Å². The first kappa shape index (κ1) is 19.9. The Morgan fingerprint density at radius 2 is 1.82 bits per heavy atom. The minimum Gasteiger partial charge on any atom is -0.477 e. The fraction of sp³-hybridized carbons (Fsp3) is 0.389. The first-order valence-corrected chi connectivity index (χ1v) is 8.65. The van der Waals surface area contributed by atoms with Crippen LogP contribution in [0.15, 0.2) is 36.5 Å². The second-order valence-electron chi connectivity index (χ2n) is 6.53. The van der Waals surface area contributed by atoms with E-state index in [-0.39, 0.29) is 18.1 Å². The summed E-state index contributed by atoms with van der Waals surface area (Å²) in [6.45, 7) is 2.08. The third-order valence-electron chi connectivity index (χ3n) is 4.61. The van der Waals surface area contributed by atoms with Gasteiger partial charge in [-0.2, -0.15) is 18.3 Å². The van der Waals surface area contributed by atoms with Crippen LogP contribution in [0, 0.1) is 0 Å². The normalized spacial score (nSPS) is 15.6. The molecule has 1 N–H and O–H groups in total. The van der Waals surface area contributed by atoms with Crippen molar-refractivity contribution >= 4 is 11.9 Å². The summed E-state index contributed by atoms with van der Waals surface area (Å²) in [7, 11) is 0. The molecule has 0 atom stereocenters. The van der Waals surface area contributed by atoms with Crippen LogP contribution in [0.2, 0.25) is 0 Å². The van der Waals surface area contributed by atoms with E-state index in [1.807, 2.05) is 4.90 Å². The monoisotopic (exact) mass is 396 g/mol. The van der Waals surface area contributed by atoms with E-state index in [9.17, 15) is 22.8 Å². The Bertz CT molecular complexity index is 858. The lowest BCUT2D eigenvalue weighted by molar-refractivity contribution is -0.138. The van der Waals surface area contributed by atoms with Gasteiger partial charge in [-0.25, -0.2) is 9.48 Å². The molecule has 7 nitrogen and oxygen atoms in total. The summed E-state index contributed by atoms with van der Waals surface area (Å²) in [6, 6.07) is 6.55. The average molecular weight is 396 g/mol. The number of nitrogens with zero attached hydrogens (tertiary/aromatic N) is 4. The molecule has 1 aromatic carbocycles. The third-order valence-corrected chi connectivity index (χ3v) is 4.61. The zero-order valence-electron chi connectivity index (χ0n) is 14.9. The van der Waals surface area contributed by atoms with Gasteiger partial charge in [-0.15, -0.1) is 0 Å². The Morgan fingerprint density at radius 1 is 1.11 bits per heavy atom. The number of carboxylic acid groups (broad SMARTS) is 1. The van der Waals surface area contributed by atoms with E-state index in [2.05, 4.69) is 5.10 Å². The highest BCUT2D eigenvalue weighted by Gasteiger charge is 2.30. The average Bonchev–Trinajstić information content (AvgIpc) is 3.10. The molecule has 0 radical (unpaired) electrons. The second kappa shape index (κ2) is 8.01. The number of aromatic nitrogens is 2. The van der Waals surface area contributed by atoms with E-state index < -0.39 is 17.7 Å². The van der Waals surface area contributed by atoms with E-state index in [4.69, 9.17) is 5.11 Å². The lowest BCUT2D eigenvalue weighted by Crippen LogP contribution is -2.49. The van der Waals surface area contributed by atoms with Gasteiger partial charge in [-0.1, -0.05) is 18.2 Å². The van der Waals surface area contributed by atoms with Crippen LogP contribution < -0.4 is 0 Å². The maximum Gasteiger partial charge on any atom is 0.416 e. The van der Waals surface area contributed by atoms with E-state index in [0.717, 1.165) is 16.8 Å². The van der Waals surface area contributed by atoms with Crippen molar-refractivity contribution in [1.29, 1.82) is 0 Å². The zero-order chi connectivity index (χ0) is 20.3. The Morgan fingerprint density at radius 3 is 2.46 bits per heavy atom. The Kier molecular flexibility index (Phi) is 5.68. The summed E-state index contributed by atoms with van der Waals surface area (Å²) < 4.78 is 39.6. The zero-order valence-corrected chi connectivity index (χ0v) is 14.9. The van der Waals surface area contributed by atoms with Crippen molar-refractivity contribution in [3.63, 3.8) is 0 Å². The van der Waals surface area contributed by atoms with Crippen molar-refractivity contribution in [2.24, 2.45) is 0 Å². The Hall–Kier alpha value is -2.88. The third kappa shape index (κ3) is 4.69. The molecule has 3 rings (SSSR count). The van der Waals surface area contributed by atoms with Crippen molar-refractivity contribution in [2.45, 2.75) is 19.3 Å². The van der Waals surface area contributed by atoms with E-state index in [1.165, 1.54) is 18.3 Å². The predicted molar refractivity (Wildman–Crippen MR) is 92.5 cm³/mol. The smallest absolute Gasteiger partial charge is 0.416 e. The largest absolute Gasteiger partial charge is 0.477 e. The maximum absolute atomic E-state index is 12.8. The van der Waals surface area contributed by atoms with Crippen LogP contribution in [0.3, 0.4) is 0 Å². The minimum absolute atomic E-state index is 0.0588. The molecule has 2 aromatic rings. The van der Waals surface area contributed by atoms with Gasteiger partial charge in [0.05, 0.1) is 5.56 Å². The molecule has 28 heavy (non-hydrogen) atoms. The van der Waals surface area contributed by atoms with Gasteiger partial charge in [0.15, 0.2) is 0 Å². The number of carboxylic acids is 1. The molecule has 10 heteroatoms.